The van der Waals surface area contributed by atoms with Crippen LogP contribution < -0.4 is 0 Å². The fourth-order valence-corrected chi connectivity index (χ4v) is 5.67. The number of rotatable bonds is 4. The number of hydrogen-bond acceptors (Lipinski definition) is 5. The molecule has 6 heteroatoms. The number of nitrogens with zero attached hydrogens (tertiary/aromatic N) is 3. The normalized spacial score (nSPS) is 18.5. The third-order valence-electron chi connectivity index (χ3n) is 5.31. The van der Waals surface area contributed by atoms with Gasteiger partial charge in [0.15, 0.2) is 0 Å². The number of thioether (sulfide) groups is 2. The molecule has 30 heavy (non-hydrogen) atoms. The Hall–Kier alpha value is -2.57. The van der Waals surface area contributed by atoms with Gasteiger partial charge in [0.2, 0.25) is 0 Å². The van der Waals surface area contributed by atoms with E-state index in [9.17, 15) is 4.79 Å². The highest BCUT2D eigenvalue weighted by molar-refractivity contribution is 8.39. The molecule has 0 N–H and O–H groups in total. The zero-order valence-corrected chi connectivity index (χ0v) is 18.0. The number of aliphatic imine (C=N–C) groups is 1. The minimum atomic E-state index is -0.0704. The molecule has 0 spiro atoms. The first kappa shape index (κ1) is 19.4. The molecule has 2 aliphatic heterocycles. The molecule has 4 nitrogen and oxygen atoms in total. The molecule has 0 saturated carbocycles. The van der Waals surface area contributed by atoms with Crippen LogP contribution in [0.25, 0.3) is 10.8 Å². The minimum Gasteiger partial charge on any atom is -0.272 e. The van der Waals surface area contributed by atoms with Gasteiger partial charge in [0, 0.05) is 12.2 Å². The SMILES string of the molecule is O=C(CSC1=NCCS1)N1N=C(c2ccc3ccccc3c2)C[C@H]1c1ccccc1. The summed E-state index contributed by atoms with van der Waals surface area (Å²) in [5.41, 5.74) is 3.15. The third kappa shape index (κ3) is 4.02. The number of amides is 1. The van der Waals surface area contributed by atoms with Crippen LogP contribution in [-0.2, 0) is 4.79 Å². The summed E-state index contributed by atoms with van der Waals surface area (Å²) in [7, 11) is 0. The van der Waals surface area contributed by atoms with E-state index in [1.165, 1.54) is 22.5 Å². The standard InChI is InChI=1S/C24H21N3OS2/c28-23(16-30-24-25-12-13-29-24)27-22(18-7-2-1-3-8-18)15-21(26-27)20-11-10-17-6-4-5-9-19(17)14-20/h1-11,14,22H,12-13,15-16H2/t22-/m0/s1. The Balaban J connectivity index is 1.43. The predicted octanol–water partition coefficient (Wildman–Crippen LogP) is 5.35. The number of hydrazone groups is 1. The molecular formula is C24H21N3OS2. The molecule has 1 atom stereocenters. The highest BCUT2D eigenvalue weighted by atomic mass is 32.2. The molecule has 0 aromatic heterocycles. The Bertz CT molecular complexity index is 1140. The quantitative estimate of drug-likeness (QED) is 0.559. The Morgan fingerprint density at radius 3 is 2.63 bits per heavy atom. The maximum Gasteiger partial charge on any atom is 0.253 e. The van der Waals surface area contributed by atoms with Gasteiger partial charge in [-0.1, -0.05) is 90.3 Å². The number of carbonyl (C=O) groups excluding carboxylic acids is 1. The molecule has 0 unspecified atom stereocenters. The lowest BCUT2D eigenvalue weighted by Gasteiger charge is -2.21. The van der Waals surface area contributed by atoms with Gasteiger partial charge in [-0.2, -0.15) is 5.10 Å². The van der Waals surface area contributed by atoms with E-state index in [0.717, 1.165) is 33.5 Å². The maximum absolute atomic E-state index is 13.1. The first-order chi connectivity index (χ1) is 14.8. The molecule has 0 bridgehead atoms. The van der Waals surface area contributed by atoms with Gasteiger partial charge in [0.1, 0.15) is 4.38 Å². The smallest absolute Gasteiger partial charge is 0.253 e. The monoisotopic (exact) mass is 431 g/mol. The zero-order chi connectivity index (χ0) is 20.3. The fraction of sp³-hybridized carbons (Fsp3) is 0.208. The second kappa shape index (κ2) is 8.66. The summed E-state index contributed by atoms with van der Waals surface area (Å²) in [6.07, 6.45) is 0.717. The van der Waals surface area contributed by atoms with Crippen molar-refractivity contribution in [3.8, 4) is 0 Å². The second-order valence-corrected chi connectivity index (χ2v) is 9.57. The van der Waals surface area contributed by atoms with Gasteiger partial charge >= 0.3 is 0 Å². The van der Waals surface area contributed by atoms with E-state index < -0.39 is 0 Å². The van der Waals surface area contributed by atoms with Crippen molar-refractivity contribution in [1.82, 2.24) is 5.01 Å². The summed E-state index contributed by atoms with van der Waals surface area (Å²) in [6.45, 7) is 0.849. The average molecular weight is 432 g/mol. The van der Waals surface area contributed by atoms with Crippen LogP contribution in [0.15, 0.2) is 82.9 Å². The van der Waals surface area contributed by atoms with E-state index in [4.69, 9.17) is 5.10 Å². The van der Waals surface area contributed by atoms with E-state index >= 15 is 0 Å². The molecule has 0 radical (unpaired) electrons. The molecular weight excluding hydrogens is 410 g/mol. The number of benzene rings is 3. The van der Waals surface area contributed by atoms with Crippen molar-refractivity contribution in [3.05, 3.63) is 83.9 Å². The largest absolute Gasteiger partial charge is 0.272 e. The van der Waals surface area contributed by atoms with Crippen molar-refractivity contribution in [2.45, 2.75) is 12.5 Å². The highest BCUT2D eigenvalue weighted by Gasteiger charge is 2.33. The zero-order valence-electron chi connectivity index (χ0n) is 16.4. The summed E-state index contributed by atoms with van der Waals surface area (Å²) < 4.78 is 1.01. The fourth-order valence-electron chi connectivity index (χ4n) is 3.81. The Morgan fingerprint density at radius 2 is 1.83 bits per heavy atom. The molecule has 0 aliphatic carbocycles. The van der Waals surface area contributed by atoms with E-state index in [0.29, 0.717) is 12.2 Å². The lowest BCUT2D eigenvalue weighted by atomic mass is 9.97. The van der Waals surface area contributed by atoms with Crippen molar-refractivity contribution in [3.63, 3.8) is 0 Å². The molecule has 0 fully saturated rings. The first-order valence-electron chi connectivity index (χ1n) is 10.0. The van der Waals surface area contributed by atoms with Gasteiger partial charge in [-0.25, -0.2) is 5.01 Å². The van der Waals surface area contributed by atoms with Gasteiger partial charge in [-0.3, -0.25) is 9.79 Å². The third-order valence-corrected chi connectivity index (χ3v) is 7.55. The van der Waals surface area contributed by atoms with Crippen LogP contribution in [0.1, 0.15) is 23.6 Å². The molecule has 150 valence electrons. The number of hydrogen-bond donors (Lipinski definition) is 0. The van der Waals surface area contributed by atoms with Crippen LogP contribution in [-0.4, -0.2) is 39.1 Å². The lowest BCUT2D eigenvalue weighted by molar-refractivity contribution is -0.130. The minimum absolute atomic E-state index is 0.0276. The summed E-state index contributed by atoms with van der Waals surface area (Å²) in [6, 6.07) is 24.8. The summed E-state index contributed by atoms with van der Waals surface area (Å²) in [5.74, 6) is 1.40. The van der Waals surface area contributed by atoms with Gasteiger partial charge < -0.3 is 0 Å². The predicted molar refractivity (Wildman–Crippen MR) is 128 cm³/mol. The summed E-state index contributed by atoms with van der Waals surface area (Å²) in [5, 5.41) is 8.89. The molecule has 0 saturated heterocycles. The molecule has 5 rings (SSSR count). The van der Waals surface area contributed by atoms with E-state index in [-0.39, 0.29) is 11.9 Å². The molecule has 1 amide bonds. The first-order valence-corrected chi connectivity index (χ1v) is 12.0. The Morgan fingerprint density at radius 1 is 1.03 bits per heavy atom. The topological polar surface area (TPSA) is 45.0 Å². The Kier molecular flexibility index (Phi) is 5.60. The molecule has 2 aliphatic rings. The van der Waals surface area contributed by atoms with Gasteiger partial charge in [0.25, 0.3) is 5.91 Å². The van der Waals surface area contributed by atoms with Crippen LogP contribution in [0.5, 0.6) is 0 Å². The number of carbonyl (C=O) groups is 1. The van der Waals surface area contributed by atoms with E-state index in [1.54, 1.807) is 16.8 Å². The van der Waals surface area contributed by atoms with E-state index in [2.05, 4.69) is 47.5 Å². The summed E-state index contributed by atoms with van der Waals surface area (Å²) >= 11 is 3.26. The summed E-state index contributed by atoms with van der Waals surface area (Å²) in [4.78, 5) is 17.5. The van der Waals surface area contributed by atoms with Crippen molar-refractivity contribution >= 4 is 50.3 Å². The van der Waals surface area contributed by atoms with Crippen LogP contribution >= 0.6 is 23.5 Å². The molecule has 2 heterocycles. The molecule has 3 aromatic carbocycles. The lowest BCUT2D eigenvalue weighted by Crippen LogP contribution is -2.28. The van der Waals surface area contributed by atoms with Crippen molar-refractivity contribution in [2.24, 2.45) is 10.1 Å². The molecule has 3 aromatic rings. The number of fused-ring (bicyclic) bond motifs is 1. The highest BCUT2D eigenvalue weighted by Crippen LogP contribution is 2.34. The Labute approximate surface area is 184 Å². The van der Waals surface area contributed by atoms with Gasteiger partial charge in [0.05, 0.1) is 24.1 Å². The van der Waals surface area contributed by atoms with Crippen LogP contribution in [0.3, 0.4) is 0 Å². The van der Waals surface area contributed by atoms with Crippen molar-refractivity contribution in [1.29, 1.82) is 0 Å². The van der Waals surface area contributed by atoms with E-state index in [1.807, 2.05) is 30.3 Å². The van der Waals surface area contributed by atoms with Crippen LogP contribution in [0, 0.1) is 0 Å². The van der Waals surface area contributed by atoms with Crippen LogP contribution in [0.2, 0.25) is 0 Å². The van der Waals surface area contributed by atoms with Crippen molar-refractivity contribution in [2.75, 3.05) is 18.1 Å². The van der Waals surface area contributed by atoms with Gasteiger partial charge in [-0.15, -0.1) is 0 Å². The van der Waals surface area contributed by atoms with Crippen molar-refractivity contribution < 1.29 is 4.79 Å². The van der Waals surface area contributed by atoms with Gasteiger partial charge in [-0.05, 0) is 28.0 Å². The second-order valence-electron chi connectivity index (χ2n) is 7.26. The van der Waals surface area contributed by atoms with Crippen LogP contribution in [0.4, 0.5) is 0 Å². The maximum atomic E-state index is 13.1. The average Bonchev–Trinajstić information content (AvgIpc) is 3.48.